The number of aromatic nitrogens is 3. The monoisotopic (exact) mass is 473 g/mol. The third kappa shape index (κ3) is 3.51. The Morgan fingerprint density at radius 2 is 2.03 bits per heavy atom. The maximum atomic E-state index is 13.3. The number of ether oxygens (including phenoxy) is 2. The van der Waals surface area contributed by atoms with Crippen LogP contribution in [0.4, 0.5) is 5.69 Å². The van der Waals surface area contributed by atoms with Gasteiger partial charge in [-0.05, 0) is 29.1 Å². The molecule has 2 heterocycles. The first-order valence-corrected chi connectivity index (χ1v) is 11.5. The molecular weight excluding hydrogens is 452 g/mol. The largest absolute Gasteiger partial charge is 0.493 e. The topological polar surface area (TPSA) is 88.4 Å². The van der Waals surface area contributed by atoms with E-state index in [9.17, 15) is 9.59 Å². The molecule has 1 aliphatic heterocycles. The number of aromatic amines is 1. The molecule has 0 fully saturated rings. The van der Waals surface area contributed by atoms with E-state index in [1.54, 1.807) is 34.7 Å². The van der Waals surface area contributed by atoms with Gasteiger partial charge in [0.1, 0.15) is 0 Å². The van der Waals surface area contributed by atoms with Gasteiger partial charge in [-0.15, -0.1) is 0 Å². The van der Waals surface area contributed by atoms with Crippen LogP contribution in [0.1, 0.15) is 25.1 Å². The molecule has 4 rings (SSSR count). The average molecular weight is 474 g/mol. The second kappa shape index (κ2) is 8.84. The number of carbonyl (C=O) groups is 1. The highest BCUT2D eigenvalue weighted by Gasteiger charge is 2.47. The molecule has 2 aromatic carbocycles. The van der Waals surface area contributed by atoms with Gasteiger partial charge < -0.3 is 9.47 Å². The van der Waals surface area contributed by atoms with Crippen molar-refractivity contribution in [2.75, 3.05) is 25.4 Å². The summed E-state index contributed by atoms with van der Waals surface area (Å²) < 4.78 is 12.7. The fraction of sp³-hybridized carbons (Fsp3) is 0.273. The van der Waals surface area contributed by atoms with Crippen molar-refractivity contribution in [2.45, 2.75) is 24.7 Å². The van der Waals surface area contributed by atoms with Crippen molar-refractivity contribution in [3.8, 4) is 22.8 Å². The number of hydrogen-bond donors (Lipinski definition) is 1. The predicted octanol–water partition coefficient (Wildman–Crippen LogP) is 3.42. The van der Waals surface area contributed by atoms with E-state index in [-0.39, 0.29) is 17.9 Å². The molecule has 32 heavy (non-hydrogen) atoms. The lowest BCUT2D eigenvalue weighted by Gasteiger charge is -2.32. The molecule has 0 spiro atoms. The highest BCUT2D eigenvalue weighted by molar-refractivity contribution is 7.98. The first-order chi connectivity index (χ1) is 15.4. The summed E-state index contributed by atoms with van der Waals surface area (Å²) in [7, 11) is 3.03. The number of benzene rings is 2. The summed E-state index contributed by atoms with van der Waals surface area (Å²) in [5, 5.41) is 5.48. The highest BCUT2D eigenvalue weighted by Crippen LogP contribution is 2.43. The van der Waals surface area contributed by atoms with E-state index in [0.717, 1.165) is 0 Å². The Morgan fingerprint density at radius 3 is 2.69 bits per heavy atom. The zero-order chi connectivity index (χ0) is 23.0. The number of nitrogens with zero attached hydrogens (tertiary/aromatic N) is 3. The maximum absolute atomic E-state index is 13.3. The lowest BCUT2D eigenvalue weighted by Crippen LogP contribution is -2.61. The molecule has 1 aliphatic rings. The van der Waals surface area contributed by atoms with Gasteiger partial charge in [0.2, 0.25) is 11.1 Å². The van der Waals surface area contributed by atoms with Gasteiger partial charge in [0, 0.05) is 22.6 Å². The number of carbonyl (C=O) groups excluding carboxylic acids is 1. The van der Waals surface area contributed by atoms with Gasteiger partial charge in [-0.2, -0.15) is 0 Å². The number of thioether (sulfide) groups is 1. The molecule has 1 atom stereocenters. The molecule has 0 saturated heterocycles. The Bertz CT molecular complexity index is 1260. The SMILES string of the molecule is CCC(=O)N1c2ccccc2-c2c(=O)[nH]c(SC)n[n+]2C1c1cc(Cl)cc(OC)c1OC. The lowest BCUT2D eigenvalue weighted by molar-refractivity contribution is -0.763. The van der Waals surface area contributed by atoms with E-state index >= 15 is 0 Å². The first-order valence-electron chi connectivity index (χ1n) is 9.88. The number of fused-ring (bicyclic) bond motifs is 3. The van der Waals surface area contributed by atoms with Crippen molar-refractivity contribution >= 4 is 35.0 Å². The average Bonchev–Trinajstić information content (AvgIpc) is 2.81. The third-order valence-electron chi connectivity index (χ3n) is 5.27. The van der Waals surface area contributed by atoms with Crippen molar-refractivity contribution < 1.29 is 19.0 Å². The van der Waals surface area contributed by atoms with E-state index in [1.807, 2.05) is 24.5 Å². The summed E-state index contributed by atoms with van der Waals surface area (Å²) in [6.45, 7) is 1.79. The Labute approximate surface area is 194 Å². The minimum atomic E-state index is -0.817. The van der Waals surface area contributed by atoms with E-state index in [4.69, 9.17) is 21.1 Å². The molecule has 3 aromatic rings. The second-order valence-electron chi connectivity index (χ2n) is 7.00. The number of methoxy groups -OCH3 is 2. The van der Waals surface area contributed by atoms with E-state index in [2.05, 4.69) is 10.1 Å². The number of amides is 1. The van der Waals surface area contributed by atoms with Crippen molar-refractivity contribution in [3.05, 3.63) is 57.3 Å². The molecule has 1 aromatic heterocycles. The summed E-state index contributed by atoms with van der Waals surface area (Å²) in [5.41, 5.74) is 1.79. The minimum absolute atomic E-state index is 0.144. The number of para-hydroxylation sites is 1. The fourth-order valence-electron chi connectivity index (χ4n) is 3.94. The molecule has 166 valence electrons. The van der Waals surface area contributed by atoms with Crippen LogP contribution in [0.15, 0.2) is 46.3 Å². The van der Waals surface area contributed by atoms with Gasteiger partial charge in [0.25, 0.3) is 6.17 Å². The molecule has 0 saturated carbocycles. The van der Waals surface area contributed by atoms with Gasteiger partial charge in [-0.25, -0.2) is 4.90 Å². The van der Waals surface area contributed by atoms with Crippen molar-refractivity contribution in [1.29, 1.82) is 0 Å². The number of nitrogens with one attached hydrogen (secondary N) is 1. The highest BCUT2D eigenvalue weighted by atomic mass is 35.5. The van der Waals surface area contributed by atoms with Crippen LogP contribution in [0, 0.1) is 0 Å². The van der Waals surface area contributed by atoms with Crippen LogP contribution in [0.25, 0.3) is 11.3 Å². The van der Waals surface area contributed by atoms with Crippen LogP contribution in [0.2, 0.25) is 5.02 Å². The Kier molecular flexibility index (Phi) is 6.12. The van der Waals surface area contributed by atoms with Gasteiger partial charge in [-0.1, -0.05) is 42.4 Å². The van der Waals surface area contributed by atoms with Crippen LogP contribution < -0.4 is 24.6 Å². The van der Waals surface area contributed by atoms with Gasteiger partial charge in [0.05, 0.1) is 31.0 Å². The molecule has 1 N–H and O–H groups in total. The Hall–Kier alpha value is -3.04. The Balaban J connectivity index is 2.15. The fourth-order valence-corrected chi connectivity index (χ4v) is 4.52. The summed E-state index contributed by atoms with van der Waals surface area (Å²) in [5.74, 6) is 0.672. The van der Waals surface area contributed by atoms with Crippen molar-refractivity contribution in [3.63, 3.8) is 0 Å². The number of H-pyrrole nitrogens is 1. The quantitative estimate of drug-likeness (QED) is 0.451. The molecule has 10 heteroatoms. The second-order valence-corrected chi connectivity index (χ2v) is 8.23. The molecular formula is C22H22ClN4O4S+. The first kappa shape index (κ1) is 22.2. The Morgan fingerprint density at radius 1 is 1.28 bits per heavy atom. The van der Waals surface area contributed by atoms with E-state index in [1.165, 1.54) is 26.0 Å². The van der Waals surface area contributed by atoms with Crippen LogP contribution in [0.5, 0.6) is 11.5 Å². The minimum Gasteiger partial charge on any atom is -0.493 e. The predicted molar refractivity (Wildman–Crippen MR) is 123 cm³/mol. The lowest BCUT2D eigenvalue weighted by atomic mass is 10.00. The molecule has 0 radical (unpaired) electrons. The summed E-state index contributed by atoms with van der Waals surface area (Å²) in [4.78, 5) is 30.9. The van der Waals surface area contributed by atoms with Crippen LogP contribution >= 0.6 is 23.4 Å². The zero-order valence-electron chi connectivity index (χ0n) is 18.0. The standard InChI is InChI=1S/C22H21ClN4O4S/c1-5-17(28)26-15-9-7-6-8-13(15)18-20(29)24-22(32-4)25-27(18)21(26)14-10-12(23)11-16(30-2)19(14)31-3/h6-11,21H,5H2,1-4H3/p+1. The normalized spacial score (nSPS) is 14.5. The molecule has 1 amide bonds. The van der Waals surface area contributed by atoms with E-state index < -0.39 is 6.17 Å². The number of rotatable bonds is 5. The van der Waals surface area contributed by atoms with Gasteiger partial charge >= 0.3 is 11.3 Å². The van der Waals surface area contributed by atoms with Crippen molar-refractivity contribution in [2.24, 2.45) is 0 Å². The summed E-state index contributed by atoms with van der Waals surface area (Å²) in [6.07, 6.45) is 1.25. The maximum Gasteiger partial charge on any atom is 0.325 e. The smallest absolute Gasteiger partial charge is 0.325 e. The molecule has 0 bridgehead atoms. The number of hydrogen-bond acceptors (Lipinski definition) is 6. The molecule has 1 unspecified atom stereocenters. The van der Waals surface area contributed by atoms with Crippen LogP contribution in [-0.4, -0.2) is 36.5 Å². The van der Waals surface area contributed by atoms with Gasteiger partial charge in [-0.3, -0.25) is 14.6 Å². The summed E-state index contributed by atoms with van der Waals surface area (Å²) in [6, 6.07) is 10.6. The van der Waals surface area contributed by atoms with Crippen LogP contribution in [0.3, 0.4) is 0 Å². The zero-order valence-corrected chi connectivity index (χ0v) is 19.6. The van der Waals surface area contributed by atoms with Crippen molar-refractivity contribution in [1.82, 2.24) is 10.1 Å². The number of anilines is 1. The summed E-state index contributed by atoms with van der Waals surface area (Å²) >= 11 is 7.71. The third-order valence-corrected chi connectivity index (χ3v) is 6.06. The molecule has 0 aliphatic carbocycles. The van der Waals surface area contributed by atoms with Gasteiger partial charge in [0.15, 0.2) is 11.5 Å². The molecule has 8 nitrogen and oxygen atoms in total. The number of halogens is 1. The van der Waals surface area contributed by atoms with Crippen LogP contribution in [-0.2, 0) is 4.79 Å². The van der Waals surface area contributed by atoms with E-state index in [0.29, 0.717) is 44.2 Å².